The van der Waals surface area contributed by atoms with Gasteiger partial charge in [0.1, 0.15) is 12.3 Å². The highest BCUT2D eigenvalue weighted by molar-refractivity contribution is 5.97. The Bertz CT molecular complexity index is 161. The molecule has 0 fully saturated rings. The lowest BCUT2D eigenvalue weighted by molar-refractivity contribution is -0.0585. The van der Waals surface area contributed by atoms with Crippen LogP contribution in [0, 0.1) is 6.54 Å². The van der Waals surface area contributed by atoms with E-state index in [1.54, 1.807) is 0 Å². The lowest BCUT2D eigenvalue weighted by Crippen LogP contribution is -2.24. The summed E-state index contributed by atoms with van der Waals surface area (Å²) < 4.78 is 35.1. The Hall–Kier alpha value is -0.580. The zero-order valence-electron chi connectivity index (χ0n) is 5.24. The summed E-state index contributed by atoms with van der Waals surface area (Å²) in [5.41, 5.74) is -0.921. The number of nitrogens with zero attached hydrogens (tertiary/aromatic N) is 2. The predicted octanol–water partition coefficient (Wildman–Crippen LogP) is 0.931. The summed E-state index contributed by atoms with van der Waals surface area (Å²) in [5.74, 6) is 0. The van der Waals surface area contributed by atoms with Crippen molar-refractivity contribution in [1.82, 2.24) is 4.90 Å². The Kier molecular flexibility index (Phi) is 1.68. The third-order valence-electron chi connectivity index (χ3n) is 1.01. The Balaban J connectivity index is 2.60. The average Bonchev–Trinajstić information content (AvgIpc) is 2.11. The van der Waals surface area contributed by atoms with Gasteiger partial charge >= 0.3 is 6.18 Å². The fraction of sp³-hybridized carbons (Fsp3) is 0.600. The fourth-order valence-corrected chi connectivity index (χ4v) is 0.581. The largest absolute Gasteiger partial charge is 0.431 e. The second-order valence-corrected chi connectivity index (χ2v) is 1.96. The van der Waals surface area contributed by atoms with Crippen LogP contribution in [0.4, 0.5) is 13.2 Å². The first-order valence-corrected chi connectivity index (χ1v) is 2.59. The van der Waals surface area contributed by atoms with Crippen molar-refractivity contribution >= 4 is 5.71 Å². The summed E-state index contributed by atoms with van der Waals surface area (Å²) in [6.07, 6.45) is -4.34. The summed E-state index contributed by atoms with van der Waals surface area (Å²) in [6.45, 7) is 2.10. The molecule has 0 aromatic rings. The Morgan fingerprint density at radius 3 is 2.40 bits per heavy atom. The standard InChI is InChI=1S/C5H5F3N2/c1-10-2-4(9-3-10)5(6,7)8/h3H2,1H3. The molecule has 2 nitrogen and oxygen atoms in total. The first-order valence-electron chi connectivity index (χ1n) is 2.59. The third kappa shape index (κ3) is 1.47. The van der Waals surface area contributed by atoms with Crippen LogP contribution in [0.25, 0.3) is 0 Å². The molecule has 0 spiro atoms. The van der Waals surface area contributed by atoms with Gasteiger partial charge in [0, 0.05) is 0 Å². The van der Waals surface area contributed by atoms with E-state index in [9.17, 15) is 13.2 Å². The molecule has 1 aliphatic rings. The van der Waals surface area contributed by atoms with Crippen molar-refractivity contribution in [3.05, 3.63) is 6.54 Å². The topological polar surface area (TPSA) is 15.6 Å². The van der Waals surface area contributed by atoms with Gasteiger partial charge in [0.25, 0.3) is 0 Å². The summed E-state index contributed by atoms with van der Waals surface area (Å²) in [6, 6.07) is 0. The summed E-state index contributed by atoms with van der Waals surface area (Å²) in [7, 11) is 1.49. The second kappa shape index (κ2) is 2.23. The molecule has 0 aliphatic carbocycles. The van der Waals surface area contributed by atoms with E-state index in [1.807, 2.05) is 0 Å². The number of alkyl halides is 3. The minimum atomic E-state index is -4.34. The quantitative estimate of drug-likeness (QED) is 0.501. The average molecular weight is 150 g/mol. The van der Waals surface area contributed by atoms with Gasteiger partial charge < -0.3 is 0 Å². The van der Waals surface area contributed by atoms with Crippen molar-refractivity contribution in [3.8, 4) is 0 Å². The monoisotopic (exact) mass is 150 g/mol. The van der Waals surface area contributed by atoms with Crippen LogP contribution in [-0.4, -0.2) is 30.5 Å². The Labute approximate surface area is 56.3 Å². The molecule has 0 aromatic carbocycles. The molecule has 10 heavy (non-hydrogen) atoms. The van der Waals surface area contributed by atoms with E-state index < -0.39 is 11.9 Å². The number of aliphatic imine (C=N–C) groups is 1. The maximum Gasteiger partial charge on any atom is 0.431 e. The molecule has 0 bridgehead atoms. The van der Waals surface area contributed by atoms with E-state index in [-0.39, 0.29) is 6.67 Å². The molecule has 0 saturated heterocycles. The highest BCUT2D eigenvalue weighted by Crippen LogP contribution is 2.22. The normalized spacial score (nSPS) is 21.4. The highest BCUT2D eigenvalue weighted by Gasteiger charge is 2.38. The van der Waals surface area contributed by atoms with Gasteiger partial charge in [0.2, 0.25) is 0 Å². The van der Waals surface area contributed by atoms with Crippen molar-refractivity contribution in [2.24, 2.45) is 4.99 Å². The molecule has 1 aliphatic heterocycles. The van der Waals surface area contributed by atoms with Crippen molar-refractivity contribution < 1.29 is 13.2 Å². The van der Waals surface area contributed by atoms with Crippen LogP contribution < -0.4 is 0 Å². The van der Waals surface area contributed by atoms with Crippen molar-refractivity contribution in [1.29, 1.82) is 0 Å². The first-order chi connectivity index (χ1) is 4.50. The van der Waals surface area contributed by atoms with Gasteiger partial charge in [-0.1, -0.05) is 0 Å². The van der Waals surface area contributed by atoms with E-state index >= 15 is 0 Å². The minimum absolute atomic E-state index is 0.0504. The van der Waals surface area contributed by atoms with E-state index in [0.717, 1.165) is 0 Å². The van der Waals surface area contributed by atoms with E-state index in [0.29, 0.717) is 0 Å². The Morgan fingerprint density at radius 2 is 2.20 bits per heavy atom. The van der Waals surface area contributed by atoms with Gasteiger partial charge in [-0.15, -0.1) is 0 Å². The van der Waals surface area contributed by atoms with E-state index in [2.05, 4.69) is 11.5 Å². The Morgan fingerprint density at radius 1 is 1.60 bits per heavy atom. The number of halogens is 3. The highest BCUT2D eigenvalue weighted by atomic mass is 19.4. The predicted molar refractivity (Wildman–Crippen MR) is 29.4 cm³/mol. The summed E-state index contributed by atoms with van der Waals surface area (Å²) in [4.78, 5) is 4.45. The first kappa shape index (κ1) is 7.53. The maximum absolute atomic E-state index is 11.7. The van der Waals surface area contributed by atoms with Crippen LogP contribution >= 0.6 is 0 Å². The maximum atomic E-state index is 11.7. The number of rotatable bonds is 0. The molecule has 0 unspecified atom stereocenters. The zero-order chi connectivity index (χ0) is 7.78. The van der Waals surface area contributed by atoms with Crippen LogP contribution in [0.5, 0.6) is 0 Å². The smallest absolute Gasteiger partial charge is 0.272 e. The molecule has 0 aromatic heterocycles. The van der Waals surface area contributed by atoms with Gasteiger partial charge in [0.15, 0.2) is 0 Å². The molecule has 56 valence electrons. The second-order valence-electron chi connectivity index (χ2n) is 1.96. The van der Waals surface area contributed by atoms with Crippen molar-refractivity contribution in [2.45, 2.75) is 6.18 Å². The van der Waals surface area contributed by atoms with Gasteiger partial charge in [-0.2, -0.15) is 13.2 Å². The van der Waals surface area contributed by atoms with Crippen molar-refractivity contribution in [3.63, 3.8) is 0 Å². The van der Waals surface area contributed by atoms with Gasteiger partial charge in [0.05, 0.1) is 6.67 Å². The molecular weight excluding hydrogens is 145 g/mol. The fourth-order valence-electron chi connectivity index (χ4n) is 0.581. The van der Waals surface area contributed by atoms with Gasteiger partial charge in [-0.25, -0.2) is 0 Å². The SMILES string of the molecule is CN1[C]C(C(F)(F)F)=NC1. The van der Waals surface area contributed by atoms with E-state index in [4.69, 9.17) is 0 Å². The minimum Gasteiger partial charge on any atom is -0.272 e. The van der Waals surface area contributed by atoms with Gasteiger partial charge in [-0.3, -0.25) is 9.89 Å². The van der Waals surface area contributed by atoms with Crippen LogP contribution in [0.15, 0.2) is 4.99 Å². The molecule has 0 N–H and O–H groups in total. The van der Waals surface area contributed by atoms with Crippen molar-refractivity contribution in [2.75, 3.05) is 13.7 Å². The summed E-state index contributed by atoms with van der Waals surface area (Å²) >= 11 is 0. The molecule has 5 heteroatoms. The lowest BCUT2D eigenvalue weighted by Gasteiger charge is -2.05. The molecule has 1 heterocycles. The number of hydrogen-bond donors (Lipinski definition) is 0. The molecule has 1 rings (SSSR count). The molecule has 0 atom stereocenters. The zero-order valence-corrected chi connectivity index (χ0v) is 5.24. The van der Waals surface area contributed by atoms with Crippen LogP contribution in [0.2, 0.25) is 0 Å². The lowest BCUT2D eigenvalue weighted by atomic mass is 10.4. The molecule has 0 amide bonds. The molecule has 2 radical (unpaired) electrons. The summed E-state index contributed by atoms with van der Waals surface area (Å²) in [5, 5.41) is 0. The van der Waals surface area contributed by atoms with E-state index in [1.165, 1.54) is 11.9 Å². The third-order valence-corrected chi connectivity index (χ3v) is 1.01. The van der Waals surface area contributed by atoms with Crippen LogP contribution in [-0.2, 0) is 0 Å². The number of hydrogen-bond acceptors (Lipinski definition) is 2. The van der Waals surface area contributed by atoms with Gasteiger partial charge in [-0.05, 0) is 7.05 Å². The van der Waals surface area contributed by atoms with Crippen LogP contribution in [0.1, 0.15) is 0 Å². The molecule has 0 saturated carbocycles. The van der Waals surface area contributed by atoms with Crippen LogP contribution in [0.3, 0.4) is 0 Å². The molecular formula is C5H5F3N2.